The van der Waals surface area contributed by atoms with E-state index in [9.17, 15) is 9.90 Å². The summed E-state index contributed by atoms with van der Waals surface area (Å²) in [4.78, 5) is 13.4. The van der Waals surface area contributed by atoms with E-state index in [1.807, 2.05) is 0 Å². The average molecular weight is 277 g/mol. The first-order valence-electron chi connectivity index (χ1n) is 5.65. The van der Waals surface area contributed by atoms with Crippen LogP contribution in [-0.2, 0) is 0 Å². The lowest BCUT2D eigenvalue weighted by Crippen LogP contribution is -2.31. The highest BCUT2D eigenvalue weighted by molar-refractivity contribution is 6.30. The van der Waals surface area contributed by atoms with Crippen molar-refractivity contribution in [3.8, 4) is 5.75 Å². The third-order valence-electron chi connectivity index (χ3n) is 2.62. The Morgan fingerprint density at radius 3 is 2.53 bits per heavy atom. The van der Waals surface area contributed by atoms with E-state index < -0.39 is 0 Å². The van der Waals surface area contributed by atoms with Crippen molar-refractivity contribution in [2.45, 2.75) is 0 Å². The lowest BCUT2D eigenvalue weighted by molar-refractivity contribution is 0.258. The predicted molar refractivity (Wildman–Crippen MR) is 77.0 cm³/mol. The smallest absolute Gasteiger partial charge is 0.326 e. The second-order valence-corrected chi connectivity index (χ2v) is 4.45. The van der Waals surface area contributed by atoms with Gasteiger partial charge in [-0.05, 0) is 36.4 Å². The molecule has 0 aliphatic rings. The van der Waals surface area contributed by atoms with Gasteiger partial charge in [-0.25, -0.2) is 4.79 Å². The number of hydrogen-bond donors (Lipinski definition) is 2. The maximum absolute atomic E-state index is 12.0. The molecule has 2 amide bonds. The third-order valence-corrected chi connectivity index (χ3v) is 2.87. The Morgan fingerprint density at radius 1 is 1.21 bits per heavy atom. The van der Waals surface area contributed by atoms with Crippen molar-refractivity contribution in [2.24, 2.45) is 0 Å². The molecule has 0 aromatic heterocycles. The topological polar surface area (TPSA) is 52.6 Å². The Balaban J connectivity index is 2.09. The van der Waals surface area contributed by atoms with E-state index in [-0.39, 0.29) is 11.8 Å². The normalized spacial score (nSPS) is 10.0. The van der Waals surface area contributed by atoms with Gasteiger partial charge in [0.05, 0.1) is 0 Å². The van der Waals surface area contributed by atoms with Crippen molar-refractivity contribution in [3.63, 3.8) is 0 Å². The minimum absolute atomic E-state index is 0.114. The molecule has 0 fully saturated rings. The molecule has 2 N–H and O–H groups in total. The van der Waals surface area contributed by atoms with Gasteiger partial charge >= 0.3 is 6.03 Å². The first-order valence-corrected chi connectivity index (χ1v) is 6.03. The van der Waals surface area contributed by atoms with Crippen molar-refractivity contribution in [1.29, 1.82) is 0 Å². The van der Waals surface area contributed by atoms with E-state index in [1.165, 1.54) is 11.0 Å². The zero-order valence-corrected chi connectivity index (χ0v) is 11.1. The number of carbonyl (C=O) groups excluding carboxylic acids is 1. The zero-order valence-electron chi connectivity index (χ0n) is 10.3. The maximum atomic E-state index is 12.0. The number of rotatable bonds is 2. The minimum atomic E-state index is -0.298. The number of phenols is 1. The number of nitrogens with one attached hydrogen (secondary N) is 1. The van der Waals surface area contributed by atoms with Gasteiger partial charge in [-0.3, -0.25) is 4.90 Å². The van der Waals surface area contributed by atoms with Gasteiger partial charge < -0.3 is 10.4 Å². The summed E-state index contributed by atoms with van der Waals surface area (Å²) in [6, 6.07) is 13.0. The number of hydrogen-bond acceptors (Lipinski definition) is 2. The average Bonchev–Trinajstić information content (AvgIpc) is 2.40. The molecule has 19 heavy (non-hydrogen) atoms. The van der Waals surface area contributed by atoms with Gasteiger partial charge in [0.2, 0.25) is 0 Å². The van der Waals surface area contributed by atoms with E-state index in [0.717, 1.165) is 0 Å². The minimum Gasteiger partial charge on any atom is -0.508 e. The molecule has 0 aliphatic carbocycles. The standard InChI is InChI=1S/C14H13ClN2O2/c1-17(12-3-2-4-13(18)9-12)14(19)16-11-7-5-10(15)6-8-11/h2-9,18H,1H3,(H,16,19). The van der Waals surface area contributed by atoms with Gasteiger partial charge in [-0.1, -0.05) is 17.7 Å². The molecule has 4 nitrogen and oxygen atoms in total. The molecular formula is C14H13ClN2O2. The van der Waals surface area contributed by atoms with Crippen LogP contribution >= 0.6 is 11.6 Å². The van der Waals surface area contributed by atoms with Gasteiger partial charge in [-0.15, -0.1) is 0 Å². The summed E-state index contributed by atoms with van der Waals surface area (Å²) in [5.41, 5.74) is 1.26. The molecular weight excluding hydrogens is 264 g/mol. The predicted octanol–water partition coefficient (Wildman–Crippen LogP) is 3.71. The molecule has 2 aromatic rings. The molecule has 0 heterocycles. The van der Waals surface area contributed by atoms with Crippen molar-refractivity contribution >= 4 is 29.0 Å². The van der Waals surface area contributed by atoms with Gasteiger partial charge in [0.1, 0.15) is 5.75 Å². The lowest BCUT2D eigenvalue weighted by atomic mass is 10.3. The molecule has 0 aliphatic heterocycles. The van der Waals surface area contributed by atoms with Crippen molar-refractivity contribution in [2.75, 3.05) is 17.3 Å². The van der Waals surface area contributed by atoms with Crippen LogP contribution in [0.5, 0.6) is 5.75 Å². The van der Waals surface area contributed by atoms with Crippen molar-refractivity contribution < 1.29 is 9.90 Å². The van der Waals surface area contributed by atoms with Crippen LogP contribution in [-0.4, -0.2) is 18.2 Å². The first-order chi connectivity index (χ1) is 9.06. The fourth-order valence-corrected chi connectivity index (χ4v) is 1.69. The first kappa shape index (κ1) is 13.2. The SMILES string of the molecule is CN(C(=O)Nc1ccc(Cl)cc1)c1cccc(O)c1. The Hall–Kier alpha value is -2.20. The Bertz CT molecular complexity index is 584. The molecule has 2 aromatic carbocycles. The van der Waals surface area contributed by atoms with Gasteiger partial charge in [0.25, 0.3) is 0 Å². The van der Waals surface area contributed by atoms with Crippen LogP contribution in [0, 0.1) is 0 Å². The van der Waals surface area contributed by atoms with Crippen LogP contribution in [0.1, 0.15) is 0 Å². The molecule has 98 valence electrons. The van der Waals surface area contributed by atoms with Gasteiger partial charge in [0.15, 0.2) is 0 Å². The number of carbonyl (C=O) groups is 1. The highest BCUT2D eigenvalue weighted by Gasteiger charge is 2.11. The number of nitrogens with zero attached hydrogens (tertiary/aromatic N) is 1. The van der Waals surface area contributed by atoms with Crippen LogP contribution in [0.15, 0.2) is 48.5 Å². The monoisotopic (exact) mass is 276 g/mol. The summed E-state index contributed by atoms with van der Waals surface area (Å²) in [5.74, 6) is 0.114. The Morgan fingerprint density at radius 2 is 1.89 bits per heavy atom. The number of benzene rings is 2. The summed E-state index contributed by atoms with van der Waals surface area (Å²) in [7, 11) is 1.63. The molecule has 0 saturated heterocycles. The maximum Gasteiger partial charge on any atom is 0.326 e. The van der Waals surface area contributed by atoms with Crippen molar-refractivity contribution in [1.82, 2.24) is 0 Å². The molecule has 0 atom stereocenters. The number of amides is 2. The highest BCUT2D eigenvalue weighted by atomic mass is 35.5. The van der Waals surface area contributed by atoms with E-state index in [2.05, 4.69) is 5.32 Å². The molecule has 2 rings (SSSR count). The van der Waals surface area contributed by atoms with E-state index in [1.54, 1.807) is 49.5 Å². The number of phenolic OH excluding ortho intramolecular Hbond substituents is 1. The molecule has 0 saturated carbocycles. The number of halogens is 1. The van der Waals surface area contributed by atoms with Crippen LogP contribution in [0.3, 0.4) is 0 Å². The quantitative estimate of drug-likeness (QED) is 0.878. The molecule has 0 bridgehead atoms. The van der Waals surface area contributed by atoms with E-state index in [4.69, 9.17) is 11.6 Å². The fourth-order valence-electron chi connectivity index (χ4n) is 1.56. The summed E-state index contributed by atoms with van der Waals surface area (Å²) < 4.78 is 0. The highest BCUT2D eigenvalue weighted by Crippen LogP contribution is 2.20. The summed E-state index contributed by atoms with van der Waals surface area (Å²) in [5, 5.41) is 12.7. The third kappa shape index (κ3) is 3.39. The van der Waals surface area contributed by atoms with Crippen molar-refractivity contribution in [3.05, 3.63) is 53.6 Å². The lowest BCUT2D eigenvalue weighted by Gasteiger charge is -2.18. The summed E-state index contributed by atoms with van der Waals surface area (Å²) in [6.45, 7) is 0. The summed E-state index contributed by atoms with van der Waals surface area (Å²) in [6.07, 6.45) is 0. The zero-order chi connectivity index (χ0) is 13.8. The molecule has 5 heteroatoms. The molecule has 0 unspecified atom stereocenters. The van der Waals surface area contributed by atoms with Crippen LogP contribution in [0.25, 0.3) is 0 Å². The second-order valence-electron chi connectivity index (χ2n) is 4.02. The largest absolute Gasteiger partial charge is 0.508 e. The van der Waals surface area contributed by atoms with E-state index >= 15 is 0 Å². The van der Waals surface area contributed by atoms with Gasteiger partial charge in [-0.2, -0.15) is 0 Å². The van der Waals surface area contributed by atoms with Crippen LogP contribution in [0.4, 0.5) is 16.2 Å². The van der Waals surface area contributed by atoms with Gasteiger partial charge in [0, 0.05) is 29.5 Å². The van der Waals surface area contributed by atoms with Crippen LogP contribution in [0.2, 0.25) is 5.02 Å². The fraction of sp³-hybridized carbons (Fsp3) is 0.0714. The number of anilines is 2. The summed E-state index contributed by atoms with van der Waals surface area (Å²) >= 11 is 5.77. The van der Waals surface area contributed by atoms with E-state index in [0.29, 0.717) is 16.4 Å². The number of aromatic hydroxyl groups is 1. The second kappa shape index (κ2) is 5.63. The number of urea groups is 1. The molecule has 0 spiro atoms. The Labute approximate surface area is 116 Å². The molecule has 0 radical (unpaired) electrons. The van der Waals surface area contributed by atoms with Crippen LogP contribution < -0.4 is 10.2 Å². The Kier molecular flexibility index (Phi) is 3.92.